The van der Waals surface area contributed by atoms with Crippen LogP contribution in [-0.4, -0.2) is 13.0 Å². The molecular formula is C9H12N2O3S. The summed E-state index contributed by atoms with van der Waals surface area (Å²) in [6.45, 7) is 5.39. The summed E-state index contributed by atoms with van der Waals surface area (Å²) >= 11 is 0. The van der Waals surface area contributed by atoms with Gasteiger partial charge in [0.05, 0.1) is 5.69 Å². The van der Waals surface area contributed by atoms with Crippen LogP contribution in [0.4, 0.5) is 11.4 Å². The van der Waals surface area contributed by atoms with Crippen LogP contribution >= 0.6 is 0 Å². The first kappa shape index (κ1) is 11.5. The molecule has 0 aliphatic heterocycles. The lowest BCUT2D eigenvalue weighted by molar-refractivity contribution is 0.483. The molecule has 1 rings (SSSR count). The molecule has 0 spiro atoms. The zero-order valence-electron chi connectivity index (χ0n) is 8.19. The zero-order valence-corrected chi connectivity index (χ0v) is 9.00. The van der Waals surface area contributed by atoms with Gasteiger partial charge in [0.15, 0.2) is 0 Å². The van der Waals surface area contributed by atoms with Crippen LogP contribution in [0.25, 0.3) is 0 Å². The first-order valence-electron chi connectivity index (χ1n) is 4.10. The average Bonchev–Trinajstić information content (AvgIpc) is 1.99. The second-order valence-electron chi connectivity index (χ2n) is 3.13. The lowest BCUT2D eigenvalue weighted by atomic mass is 10.3. The number of nitrogen functional groups attached to an aromatic ring is 1. The summed E-state index contributed by atoms with van der Waals surface area (Å²) < 4.78 is 30.4. The Balaban J connectivity index is 3.15. The van der Waals surface area contributed by atoms with Gasteiger partial charge in [-0.3, -0.25) is 4.55 Å². The molecule has 0 bridgehead atoms. The molecule has 0 saturated carbocycles. The van der Waals surface area contributed by atoms with E-state index in [1.165, 1.54) is 18.2 Å². The number of rotatable bonds is 3. The molecule has 0 amide bonds. The van der Waals surface area contributed by atoms with Crippen molar-refractivity contribution in [2.45, 2.75) is 11.8 Å². The third-order valence-electron chi connectivity index (χ3n) is 1.65. The SMILES string of the molecule is C=C(C)Nc1ccc(S(=O)(=O)O)c(N)c1. The highest BCUT2D eigenvalue weighted by Crippen LogP contribution is 2.22. The summed E-state index contributed by atoms with van der Waals surface area (Å²) in [5.41, 5.74) is 6.78. The summed E-state index contributed by atoms with van der Waals surface area (Å²) in [6, 6.07) is 4.14. The van der Waals surface area contributed by atoms with Crippen molar-refractivity contribution in [3.63, 3.8) is 0 Å². The van der Waals surface area contributed by atoms with Crippen LogP contribution in [0.1, 0.15) is 6.92 Å². The van der Waals surface area contributed by atoms with Crippen molar-refractivity contribution in [2.75, 3.05) is 11.1 Å². The van der Waals surface area contributed by atoms with Gasteiger partial charge in [-0.2, -0.15) is 8.42 Å². The number of hydrogen-bond acceptors (Lipinski definition) is 4. The van der Waals surface area contributed by atoms with E-state index in [2.05, 4.69) is 11.9 Å². The lowest BCUT2D eigenvalue weighted by Crippen LogP contribution is -2.04. The van der Waals surface area contributed by atoms with Crippen molar-refractivity contribution in [2.24, 2.45) is 0 Å². The predicted octanol–water partition coefficient (Wildman–Crippen LogP) is 1.46. The Morgan fingerprint density at radius 2 is 2.13 bits per heavy atom. The van der Waals surface area contributed by atoms with Crippen LogP contribution in [0, 0.1) is 0 Å². The highest BCUT2D eigenvalue weighted by atomic mass is 32.2. The number of hydrogen-bond donors (Lipinski definition) is 3. The highest BCUT2D eigenvalue weighted by Gasteiger charge is 2.13. The molecule has 0 atom stereocenters. The fourth-order valence-corrected chi connectivity index (χ4v) is 1.70. The number of nitrogens with one attached hydrogen (secondary N) is 1. The minimum atomic E-state index is -4.25. The van der Waals surface area contributed by atoms with Crippen molar-refractivity contribution in [3.05, 3.63) is 30.5 Å². The number of allylic oxidation sites excluding steroid dienone is 1. The Morgan fingerprint density at radius 3 is 2.53 bits per heavy atom. The highest BCUT2D eigenvalue weighted by molar-refractivity contribution is 7.86. The van der Waals surface area contributed by atoms with Crippen LogP contribution in [0.2, 0.25) is 0 Å². The fraction of sp³-hybridized carbons (Fsp3) is 0.111. The van der Waals surface area contributed by atoms with E-state index in [-0.39, 0.29) is 10.6 Å². The van der Waals surface area contributed by atoms with E-state index in [1.54, 1.807) is 6.92 Å². The van der Waals surface area contributed by atoms with E-state index >= 15 is 0 Å². The molecule has 1 aromatic rings. The molecule has 0 unspecified atom stereocenters. The maximum absolute atomic E-state index is 10.8. The van der Waals surface area contributed by atoms with Crippen molar-refractivity contribution in [1.29, 1.82) is 0 Å². The molecule has 0 aliphatic rings. The second-order valence-corrected chi connectivity index (χ2v) is 4.52. The topological polar surface area (TPSA) is 92.4 Å². The Kier molecular flexibility index (Phi) is 3.01. The lowest BCUT2D eigenvalue weighted by Gasteiger charge is -2.08. The van der Waals surface area contributed by atoms with Crippen molar-refractivity contribution in [3.8, 4) is 0 Å². The molecule has 15 heavy (non-hydrogen) atoms. The molecule has 0 heterocycles. The van der Waals surface area contributed by atoms with Gasteiger partial charge in [-0.25, -0.2) is 0 Å². The Labute approximate surface area is 88.4 Å². The Hall–Kier alpha value is -1.53. The number of benzene rings is 1. The molecule has 6 heteroatoms. The van der Waals surface area contributed by atoms with Gasteiger partial charge in [-0.1, -0.05) is 6.58 Å². The van der Waals surface area contributed by atoms with E-state index in [4.69, 9.17) is 10.3 Å². The van der Waals surface area contributed by atoms with Gasteiger partial charge < -0.3 is 11.1 Å². The summed E-state index contributed by atoms with van der Waals surface area (Å²) in [6.07, 6.45) is 0. The van der Waals surface area contributed by atoms with Gasteiger partial charge in [0.25, 0.3) is 10.1 Å². The molecule has 0 fully saturated rings. The monoisotopic (exact) mass is 228 g/mol. The second kappa shape index (κ2) is 3.92. The quantitative estimate of drug-likeness (QED) is 0.538. The van der Waals surface area contributed by atoms with Gasteiger partial charge in [0.2, 0.25) is 0 Å². The first-order chi connectivity index (χ1) is 6.80. The van der Waals surface area contributed by atoms with Gasteiger partial charge in [0, 0.05) is 11.4 Å². The molecule has 1 aromatic carbocycles. The molecule has 0 aromatic heterocycles. The zero-order chi connectivity index (χ0) is 11.6. The molecule has 0 radical (unpaired) electrons. The van der Waals surface area contributed by atoms with Crippen LogP contribution in [0.15, 0.2) is 35.4 Å². The summed E-state index contributed by atoms with van der Waals surface area (Å²) in [4.78, 5) is -0.297. The standard InChI is InChI=1S/C9H12N2O3S/c1-6(2)11-7-3-4-9(8(10)5-7)15(12,13)14/h3-5,11H,1,10H2,2H3,(H,12,13,14). The van der Waals surface area contributed by atoms with Crippen LogP contribution in [0.5, 0.6) is 0 Å². The minimum Gasteiger partial charge on any atom is -0.398 e. The molecule has 0 aliphatic carbocycles. The maximum Gasteiger partial charge on any atom is 0.296 e. The van der Waals surface area contributed by atoms with E-state index in [0.717, 1.165) is 0 Å². The maximum atomic E-state index is 10.8. The van der Waals surface area contributed by atoms with Crippen LogP contribution < -0.4 is 11.1 Å². The minimum absolute atomic E-state index is 0.0104. The Bertz CT molecular complexity index is 494. The summed E-state index contributed by atoms with van der Waals surface area (Å²) in [5, 5.41) is 2.87. The Morgan fingerprint density at radius 1 is 1.53 bits per heavy atom. The molecule has 4 N–H and O–H groups in total. The third-order valence-corrected chi connectivity index (χ3v) is 2.57. The summed E-state index contributed by atoms with van der Waals surface area (Å²) in [5.74, 6) is 0. The van der Waals surface area contributed by atoms with Gasteiger partial charge in [-0.05, 0) is 25.1 Å². The van der Waals surface area contributed by atoms with Gasteiger partial charge in [-0.15, -0.1) is 0 Å². The van der Waals surface area contributed by atoms with Crippen molar-refractivity contribution < 1.29 is 13.0 Å². The van der Waals surface area contributed by atoms with E-state index in [1.807, 2.05) is 0 Å². The number of nitrogens with two attached hydrogens (primary N) is 1. The third kappa shape index (κ3) is 2.97. The molecule has 5 nitrogen and oxygen atoms in total. The van der Waals surface area contributed by atoms with Crippen LogP contribution in [0.3, 0.4) is 0 Å². The largest absolute Gasteiger partial charge is 0.398 e. The molecule has 82 valence electrons. The first-order valence-corrected chi connectivity index (χ1v) is 5.54. The van der Waals surface area contributed by atoms with Crippen molar-refractivity contribution >= 4 is 21.5 Å². The van der Waals surface area contributed by atoms with Crippen LogP contribution in [-0.2, 0) is 10.1 Å². The van der Waals surface area contributed by atoms with Gasteiger partial charge >= 0.3 is 0 Å². The molecular weight excluding hydrogens is 216 g/mol. The van der Waals surface area contributed by atoms with Gasteiger partial charge in [0.1, 0.15) is 4.90 Å². The average molecular weight is 228 g/mol. The molecule has 0 saturated heterocycles. The number of anilines is 2. The smallest absolute Gasteiger partial charge is 0.296 e. The fourth-order valence-electron chi connectivity index (χ4n) is 1.11. The van der Waals surface area contributed by atoms with E-state index < -0.39 is 10.1 Å². The predicted molar refractivity (Wildman–Crippen MR) is 59.1 cm³/mol. The normalized spacial score (nSPS) is 11.1. The van der Waals surface area contributed by atoms with Crippen molar-refractivity contribution in [1.82, 2.24) is 0 Å². The van der Waals surface area contributed by atoms with E-state index in [0.29, 0.717) is 11.4 Å². The summed E-state index contributed by atoms with van der Waals surface area (Å²) in [7, 11) is -4.25. The van der Waals surface area contributed by atoms with E-state index in [9.17, 15) is 8.42 Å².